The summed E-state index contributed by atoms with van der Waals surface area (Å²) in [5, 5.41) is 7.80. The second kappa shape index (κ2) is 9.57. The van der Waals surface area contributed by atoms with Gasteiger partial charge in [0.05, 0.1) is 0 Å². The van der Waals surface area contributed by atoms with Gasteiger partial charge < -0.3 is 15.6 Å². The molecule has 3 nitrogen and oxygen atoms in total. The molecule has 1 heterocycles. The van der Waals surface area contributed by atoms with Crippen molar-refractivity contribution >= 4 is 10.9 Å². The first kappa shape index (κ1) is 20.9. The maximum Gasteiger partial charge on any atom is 0.126 e. The van der Waals surface area contributed by atoms with Crippen molar-refractivity contribution in [3.05, 3.63) is 84.3 Å². The Hall–Kier alpha value is -2.85. The maximum absolute atomic E-state index is 14.2. The average molecular weight is 392 g/mol. The molecule has 152 valence electrons. The number of aryl methyl sites for hydroxylation is 2. The van der Waals surface area contributed by atoms with Crippen LogP contribution in [0.3, 0.4) is 0 Å². The van der Waals surface area contributed by atoms with Crippen molar-refractivity contribution in [3.8, 4) is 11.3 Å². The SMILES string of the molecule is C=CC(CCNC)NC(=C)CCc1c(-c2ccc(C)c(F)c2)[nH]c2ccccc12. The topological polar surface area (TPSA) is 39.8 Å². The van der Waals surface area contributed by atoms with Crippen LogP contribution in [0, 0.1) is 12.7 Å². The fraction of sp³-hybridized carbons (Fsp3) is 0.280. The number of halogens is 1. The third-order valence-corrected chi connectivity index (χ3v) is 5.33. The number of hydrogen-bond donors (Lipinski definition) is 3. The van der Waals surface area contributed by atoms with Gasteiger partial charge in [-0.2, -0.15) is 0 Å². The third kappa shape index (κ3) is 4.96. The van der Waals surface area contributed by atoms with E-state index in [2.05, 4.69) is 40.9 Å². The largest absolute Gasteiger partial charge is 0.383 e. The molecule has 3 rings (SSSR count). The predicted octanol–water partition coefficient (Wildman–Crippen LogP) is 5.48. The minimum absolute atomic E-state index is 0.184. The minimum Gasteiger partial charge on any atom is -0.383 e. The minimum atomic E-state index is -0.184. The summed E-state index contributed by atoms with van der Waals surface area (Å²) >= 11 is 0. The Morgan fingerprint density at radius 1 is 1.24 bits per heavy atom. The molecule has 0 radical (unpaired) electrons. The molecule has 0 aliphatic heterocycles. The Kier molecular flexibility index (Phi) is 6.89. The zero-order chi connectivity index (χ0) is 20.8. The molecule has 0 aliphatic rings. The van der Waals surface area contributed by atoms with Gasteiger partial charge in [0.15, 0.2) is 0 Å². The summed E-state index contributed by atoms with van der Waals surface area (Å²) in [5.41, 5.74) is 5.75. The molecule has 1 aromatic heterocycles. The summed E-state index contributed by atoms with van der Waals surface area (Å²) in [6.07, 6.45) is 4.50. The molecule has 0 bridgehead atoms. The summed E-state index contributed by atoms with van der Waals surface area (Å²) in [6, 6.07) is 13.8. The number of hydrogen-bond acceptors (Lipinski definition) is 2. The molecule has 3 aromatic rings. The lowest BCUT2D eigenvalue weighted by Gasteiger charge is -2.18. The van der Waals surface area contributed by atoms with Crippen molar-refractivity contribution in [3.63, 3.8) is 0 Å². The fourth-order valence-corrected chi connectivity index (χ4v) is 3.61. The van der Waals surface area contributed by atoms with Gasteiger partial charge in [-0.1, -0.05) is 43.0 Å². The highest BCUT2D eigenvalue weighted by molar-refractivity contribution is 5.90. The van der Waals surface area contributed by atoms with E-state index in [1.807, 2.05) is 37.4 Å². The van der Waals surface area contributed by atoms with Gasteiger partial charge in [0.2, 0.25) is 0 Å². The number of fused-ring (bicyclic) bond motifs is 1. The number of H-pyrrole nitrogens is 1. The van der Waals surface area contributed by atoms with E-state index in [0.29, 0.717) is 5.56 Å². The Morgan fingerprint density at radius 3 is 2.76 bits per heavy atom. The van der Waals surface area contributed by atoms with Crippen molar-refractivity contribution in [2.45, 2.75) is 32.2 Å². The number of para-hydroxylation sites is 1. The summed E-state index contributed by atoms with van der Waals surface area (Å²) in [7, 11) is 1.95. The van der Waals surface area contributed by atoms with E-state index in [9.17, 15) is 4.39 Å². The van der Waals surface area contributed by atoms with Gasteiger partial charge in [0.1, 0.15) is 5.82 Å². The molecule has 4 heteroatoms. The van der Waals surface area contributed by atoms with Crippen LogP contribution < -0.4 is 10.6 Å². The van der Waals surface area contributed by atoms with Gasteiger partial charge in [-0.15, -0.1) is 6.58 Å². The van der Waals surface area contributed by atoms with Gasteiger partial charge in [-0.25, -0.2) is 4.39 Å². The van der Waals surface area contributed by atoms with E-state index in [4.69, 9.17) is 0 Å². The van der Waals surface area contributed by atoms with Crippen LogP contribution in [0.5, 0.6) is 0 Å². The predicted molar refractivity (Wildman–Crippen MR) is 122 cm³/mol. The lowest BCUT2D eigenvalue weighted by molar-refractivity contribution is 0.580. The lowest BCUT2D eigenvalue weighted by atomic mass is 9.99. The molecule has 29 heavy (non-hydrogen) atoms. The standard InChI is InChI=1S/C25H30FN3/c1-5-20(14-15-27-4)28-18(3)11-13-22-21-8-6-7-9-24(21)29-25(22)19-12-10-17(2)23(26)16-19/h5-10,12,16,20,27-29H,1,3,11,13-15H2,2,4H3. The normalized spacial score (nSPS) is 12.1. The molecule has 1 unspecified atom stereocenters. The van der Waals surface area contributed by atoms with Gasteiger partial charge in [0.25, 0.3) is 0 Å². The number of nitrogens with one attached hydrogen (secondary N) is 3. The van der Waals surface area contributed by atoms with Crippen molar-refractivity contribution < 1.29 is 4.39 Å². The summed E-state index contributed by atoms with van der Waals surface area (Å²) < 4.78 is 14.2. The van der Waals surface area contributed by atoms with Gasteiger partial charge in [0, 0.05) is 33.9 Å². The fourth-order valence-electron chi connectivity index (χ4n) is 3.61. The summed E-state index contributed by atoms with van der Waals surface area (Å²) in [4.78, 5) is 3.49. The number of benzene rings is 2. The van der Waals surface area contributed by atoms with E-state index in [0.717, 1.165) is 48.3 Å². The van der Waals surface area contributed by atoms with E-state index in [1.165, 1.54) is 10.9 Å². The summed E-state index contributed by atoms with van der Waals surface area (Å²) in [6.45, 7) is 10.8. The maximum atomic E-state index is 14.2. The van der Waals surface area contributed by atoms with Gasteiger partial charge in [-0.3, -0.25) is 0 Å². The Labute approximate surface area is 172 Å². The number of rotatable bonds is 10. The van der Waals surface area contributed by atoms with Crippen LogP contribution in [0.25, 0.3) is 22.2 Å². The second-order valence-electron chi connectivity index (χ2n) is 7.47. The smallest absolute Gasteiger partial charge is 0.126 e. The van der Waals surface area contributed by atoms with Crippen molar-refractivity contribution in [2.24, 2.45) is 0 Å². The molecule has 2 aromatic carbocycles. The Bertz CT molecular complexity index is 1000. The number of allylic oxidation sites excluding steroid dienone is 1. The van der Waals surface area contributed by atoms with E-state index >= 15 is 0 Å². The molecule has 1 atom stereocenters. The zero-order valence-corrected chi connectivity index (χ0v) is 17.3. The van der Waals surface area contributed by atoms with E-state index in [1.54, 1.807) is 13.0 Å². The van der Waals surface area contributed by atoms with Crippen molar-refractivity contribution in [2.75, 3.05) is 13.6 Å². The van der Waals surface area contributed by atoms with Crippen LogP contribution in [-0.4, -0.2) is 24.6 Å². The molecule has 0 amide bonds. The van der Waals surface area contributed by atoms with Crippen LogP contribution >= 0.6 is 0 Å². The van der Waals surface area contributed by atoms with Crippen LogP contribution in [0.4, 0.5) is 4.39 Å². The zero-order valence-electron chi connectivity index (χ0n) is 17.3. The lowest BCUT2D eigenvalue weighted by Crippen LogP contribution is -2.29. The van der Waals surface area contributed by atoms with Gasteiger partial charge in [-0.05, 0) is 63.0 Å². The molecular weight excluding hydrogens is 361 g/mol. The first-order chi connectivity index (χ1) is 14.0. The average Bonchev–Trinajstić information content (AvgIpc) is 3.10. The number of aromatic amines is 1. The highest BCUT2D eigenvalue weighted by atomic mass is 19.1. The van der Waals surface area contributed by atoms with Gasteiger partial charge >= 0.3 is 0 Å². The monoisotopic (exact) mass is 391 g/mol. The Balaban J connectivity index is 1.83. The van der Waals surface area contributed by atoms with Crippen LogP contribution in [0.1, 0.15) is 24.0 Å². The van der Waals surface area contributed by atoms with Crippen molar-refractivity contribution in [1.29, 1.82) is 0 Å². The molecule has 3 N–H and O–H groups in total. The molecular formula is C25H30FN3. The molecule has 0 spiro atoms. The first-order valence-corrected chi connectivity index (χ1v) is 10.1. The van der Waals surface area contributed by atoms with Crippen LogP contribution in [0.2, 0.25) is 0 Å². The van der Waals surface area contributed by atoms with Crippen LogP contribution in [-0.2, 0) is 6.42 Å². The number of aromatic nitrogens is 1. The Morgan fingerprint density at radius 2 is 2.03 bits per heavy atom. The molecule has 0 saturated carbocycles. The summed E-state index contributed by atoms with van der Waals surface area (Å²) in [5.74, 6) is -0.184. The first-order valence-electron chi connectivity index (χ1n) is 10.1. The third-order valence-electron chi connectivity index (χ3n) is 5.33. The highest BCUT2D eigenvalue weighted by Crippen LogP contribution is 2.32. The second-order valence-corrected chi connectivity index (χ2v) is 7.47. The van der Waals surface area contributed by atoms with Crippen LogP contribution in [0.15, 0.2) is 67.4 Å². The molecule has 0 aliphatic carbocycles. The molecule has 0 fully saturated rings. The van der Waals surface area contributed by atoms with Crippen molar-refractivity contribution in [1.82, 2.24) is 15.6 Å². The van der Waals surface area contributed by atoms with E-state index < -0.39 is 0 Å². The molecule has 0 saturated heterocycles. The van der Waals surface area contributed by atoms with E-state index in [-0.39, 0.29) is 11.9 Å². The highest BCUT2D eigenvalue weighted by Gasteiger charge is 2.15. The quantitative estimate of drug-likeness (QED) is 0.400.